The zero-order chi connectivity index (χ0) is 15.2. The van der Waals surface area contributed by atoms with E-state index in [1.54, 1.807) is 18.2 Å². The number of carbonyl (C=O) groups excluding carboxylic acids is 1. The minimum atomic E-state index is 0.0361. The molecule has 1 N–H and O–H groups in total. The lowest BCUT2D eigenvalue weighted by Crippen LogP contribution is -2.39. The number of piperidine rings is 1. The fourth-order valence-electron chi connectivity index (χ4n) is 2.56. The van der Waals surface area contributed by atoms with Gasteiger partial charge in [0.2, 0.25) is 5.91 Å². The van der Waals surface area contributed by atoms with Crippen molar-refractivity contribution in [2.75, 3.05) is 26.7 Å². The van der Waals surface area contributed by atoms with Gasteiger partial charge in [-0.05, 0) is 50.1 Å². The lowest BCUT2D eigenvalue weighted by atomic mass is 9.97. The number of carbonyl (C=O) groups is 1. The van der Waals surface area contributed by atoms with Gasteiger partial charge in [0.05, 0.1) is 10.0 Å². The molecular formula is C16H20Cl2N2O. The number of hydrogen-bond acceptors (Lipinski definition) is 2. The summed E-state index contributed by atoms with van der Waals surface area (Å²) < 4.78 is 0. The Morgan fingerprint density at radius 1 is 1.38 bits per heavy atom. The second-order valence-corrected chi connectivity index (χ2v) is 6.09. The Kier molecular flexibility index (Phi) is 6.09. The smallest absolute Gasteiger partial charge is 0.246 e. The maximum Gasteiger partial charge on any atom is 0.246 e. The van der Waals surface area contributed by atoms with Crippen molar-refractivity contribution in [1.29, 1.82) is 0 Å². The van der Waals surface area contributed by atoms with Crippen molar-refractivity contribution >= 4 is 35.2 Å². The lowest BCUT2D eigenvalue weighted by Gasteiger charge is -2.31. The average Bonchev–Trinajstić information content (AvgIpc) is 2.49. The first-order chi connectivity index (χ1) is 10.1. The Bertz CT molecular complexity index is 523. The third kappa shape index (κ3) is 4.47. The van der Waals surface area contributed by atoms with Gasteiger partial charge in [-0.1, -0.05) is 35.3 Å². The van der Waals surface area contributed by atoms with Crippen LogP contribution in [0, 0.1) is 5.92 Å². The predicted octanol–water partition coefficient (Wildman–Crippen LogP) is 3.46. The molecule has 2 rings (SSSR count). The molecule has 0 aromatic heterocycles. The zero-order valence-electron chi connectivity index (χ0n) is 12.1. The van der Waals surface area contributed by atoms with E-state index in [1.165, 1.54) is 0 Å². The highest BCUT2D eigenvalue weighted by Gasteiger charge is 2.20. The minimum Gasteiger partial charge on any atom is -0.339 e. The molecule has 0 saturated carbocycles. The third-order valence-corrected chi connectivity index (χ3v) is 4.64. The van der Waals surface area contributed by atoms with E-state index in [1.807, 2.05) is 24.1 Å². The summed E-state index contributed by atoms with van der Waals surface area (Å²) in [6, 6.07) is 5.40. The van der Waals surface area contributed by atoms with Crippen LogP contribution in [0.3, 0.4) is 0 Å². The molecule has 0 unspecified atom stereocenters. The lowest BCUT2D eigenvalue weighted by molar-refractivity contribution is -0.127. The van der Waals surface area contributed by atoms with Crippen molar-refractivity contribution in [3.05, 3.63) is 39.9 Å². The Balaban J connectivity index is 1.93. The fourth-order valence-corrected chi connectivity index (χ4v) is 2.93. The minimum absolute atomic E-state index is 0.0361. The van der Waals surface area contributed by atoms with E-state index < -0.39 is 0 Å². The molecule has 1 aliphatic heterocycles. The Morgan fingerprint density at radius 3 is 2.76 bits per heavy atom. The van der Waals surface area contributed by atoms with Crippen LogP contribution in [0.15, 0.2) is 24.3 Å². The second-order valence-electron chi connectivity index (χ2n) is 5.30. The molecule has 3 nitrogen and oxygen atoms in total. The van der Waals surface area contributed by atoms with Crippen LogP contribution in [0.4, 0.5) is 0 Å². The second kappa shape index (κ2) is 7.83. The molecule has 0 bridgehead atoms. The van der Waals surface area contributed by atoms with Gasteiger partial charge in [0, 0.05) is 19.2 Å². The number of hydrogen-bond donors (Lipinski definition) is 1. The van der Waals surface area contributed by atoms with Crippen LogP contribution >= 0.6 is 23.2 Å². The summed E-state index contributed by atoms with van der Waals surface area (Å²) in [7, 11) is 1.97. The predicted molar refractivity (Wildman–Crippen MR) is 88.7 cm³/mol. The first-order valence-electron chi connectivity index (χ1n) is 7.17. The molecule has 0 spiro atoms. The molecule has 1 aliphatic rings. The molecule has 0 aliphatic carbocycles. The summed E-state index contributed by atoms with van der Waals surface area (Å²) in [5, 5.41) is 4.18. The molecule has 1 fully saturated rings. The monoisotopic (exact) mass is 326 g/mol. The van der Waals surface area contributed by atoms with Crippen LogP contribution < -0.4 is 5.32 Å². The van der Waals surface area contributed by atoms with Crippen LogP contribution in [0.1, 0.15) is 18.4 Å². The third-order valence-electron chi connectivity index (χ3n) is 3.81. The highest BCUT2D eigenvalue weighted by Crippen LogP contribution is 2.26. The van der Waals surface area contributed by atoms with Crippen molar-refractivity contribution in [1.82, 2.24) is 10.2 Å². The summed E-state index contributed by atoms with van der Waals surface area (Å²) in [5.41, 5.74) is 0.766. The highest BCUT2D eigenvalue weighted by molar-refractivity contribution is 6.42. The zero-order valence-corrected chi connectivity index (χ0v) is 13.6. The average molecular weight is 327 g/mol. The molecule has 114 valence electrons. The normalized spacial score (nSPS) is 16.6. The molecule has 5 heteroatoms. The van der Waals surface area contributed by atoms with E-state index in [4.69, 9.17) is 23.2 Å². The molecule has 0 atom stereocenters. The van der Waals surface area contributed by atoms with Crippen LogP contribution in [-0.4, -0.2) is 37.5 Å². The molecule has 0 radical (unpaired) electrons. The number of nitrogens with zero attached hydrogens (tertiary/aromatic N) is 1. The fraction of sp³-hybridized carbons (Fsp3) is 0.438. The number of nitrogens with one attached hydrogen (secondary N) is 1. The van der Waals surface area contributed by atoms with Gasteiger partial charge < -0.3 is 10.2 Å². The van der Waals surface area contributed by atoms with Gasteiger partial charge in [0.1, 0.15) is 0 Å². The van der Waals surface area contributed by atoms with E-state index in [0.717, 1.165) is 38.0 Å². The summed E-state index contributed by atoms with van der Waals surface area (Å²) in [5.74, 6) is 0.708. The molecule has 1 amide bonds. The van der Waals surface area contributed by atoms with Gasteiger partial charge >= 0.3 is 0 Å². The van der Waals surface area contributed by atoms with E-state index in [0.29, 0.717) is 16.0 Å². The van der Waals surface area contributed by atoms with E-state index in [9.17, 15) is 4.79 Å². The summed E-state index contributed by atoms with van der Waals surface area (Å²) in [4.78, 5) is 14.1. The number of halogens is 2. The van der Waals surface area contributed by atoms with Gasteiger partial charge in [-0.25, -0.2) is 0 Å². The number of rotatable bonds is 4. The Hall–Kier alpha value is -1.03. The van der Waals surface area contributed by atoms with Crippen LogP contribution in [-0.2, 0) is 4.79 Å². The van der Waals surface area contributed by atoms with Crippen molar-refractivity contribution in [3.63, 3.8) is 0 Å². The van der Waals surface area contributed by atoms with Crippen LogP contribution in [0.25, 0.3) is 6.08 Å². The van der Waals surface area contributed by atoms with Gasteiger partial charge in [0.15, 0.2) is 0 Å². The van der Waals surface area contributed by atoms with Crippen LogP contribution in [0.5, 0.6) is 0 Å². The van der Waals surface area contributed by atoms with Gasteiger partial charge in [0.25, 0.3) is 0 Å². The van der Waals surface area contributed by atoms with Crippen molar-refractivity contribution in [2.24, 2.45) is 5.92 Å². The molecule has 1 aromatic rings. The Labute approximate surface area is 135 Å². The SMILES string of the molecule is CNCC1CCN(C(=O)/C=C/c2cccc(Cl)c2Cl)CC1. The van der Waals surface area contributed by atoms with Crippen molar-refractivity contribution in [2.45, 2.75) is 12.8 Å². The molecule has 1 heterocycles. The molecule has 21 heavy (non-hydrogen) atoms. The maximum absolute atomic E-state index is 12.2. The number of amides is 1. The summed E-state index contributed by atoms with van der Waals surface area (Å²) in [6.07, 6.45) is 5.42. The number of likely N-dealkylation sites (tertiary alicyclic amines) is 1. The topological polar surface area (TPSA) is 32.3 Å². The van der Waals surface area contributed by atoms with Gasteiger partial charge in [-0.3, -0.25) is 4.79 Å². The van der Waals surface area contributed by atoms with Crippen LogP contribution in [0.2, 0.25) is 10.0 Å². The summed E-state index contributed by atoms with van der Waals surface area (Å²) in [6.45, 7) is 2.66. The first-order valence-corrected chi connectivity index (χ1v) is 7.93. The first kappa shape index (κ1) is 16.3. The molecule has 1 aromatic carbocycles. The standard InChI is InChI=1S/C16H20Cl2N2O/c1-19-11-12-7-9-20(10-8-12)15(21)6-5-13-3-2-4-14(17)16(13)18/h2-6,12,19H,7-11H2,1H3/b6-5+. The van der Waals surface area contributed by atoms with E-state index >= 15 is 0 Å². The largest absolute Gasteiger partial charge is 0.339 e. The molecular weight excluding hydrogens is 307 g/mol. The maximum atomic E-state index is 12.2. The summed E-state index contributed by atoms with van der Waals surface area (Å²) >= 11 is 12.1. The quantitative estimate of drug-likeness (QED) is 0.859. The van der Waals surface area contributed by atoms with E-state index in [2.05, 4.69) is 5.32 Å². The van der Waals surface area contributed by atoms with Crippen molar-refractivity contribution in [3.8, 4) is 0 Å². The van der Waals surface area contributed by atoms with Gasteiger partial charge in [-0.2, -0.15) is 0 Å². The van der Waals surface area contributed by atoms with Gasteiger partial charge in [-0.15, -0.1) is 0 Å². The Morgan fingerprint density at radius 2 is 2.10 bits per heavy atom. The van der Waals surface area contributed by atoms with Crippen molar-refractivity contribution < 1.29 is 4.79 Å². The highest BCUT2D eigenvalue weighted by atomic mass is 35.5. The van der Waals surface area contributed by atoms with E-state index in [-0.39, 0.29) is 5.91 Å². The number of benzene rings is 1. The molecule has 1 saturated heterocycles.